The molecule has 0 fully saturated rings. The number of nitrogens with zero attached hydrogens (tertiary/aromatic N) is 2. The van der Waals surface area contributed by atoms with E-state index in [9.17, 15) is 10.2 Å². The van der Waals surface area contributed by atoms with E-state index >= 15 is 0 Å². The Morgan fingerprint density at radius 3 is 2.46 bits per heavy atom. The molecule has 0 radical (unpaired) electrons. The summed E-state index contributed by atoms with van der Waals surface area (Å²) < 4.78 is 0. The smallest absolute Gasteiger partial charge is 0.139 e. The molecule has 0 aliphatic rings. The van der Waals surface area contributed by atoms with E-state index in [1.807, 2.05) is 31.2 Å². The van der Waals surface area contributed by atoms with Crippen LogP contribution in [0.25, 0.3) is 21.3 Å². The van der Waals surface area contributed by atoms with Crippen molar-refractivity contribution in [2.45, 2.75) is 19.1 Å². The van der Waals surface area contributed by atoms with Crippen molar-refractivity contribution in [2.24, 2.45) is 0 Å². The Kier molecular flexibility index (Phi) is 5.17. The number of fused-ring (bicyclic) bond motifs is 1. The fourth-order valence-electron chi connectivity index (χ4n) is 3.08. The third-order valence-corrected chi connectivity index (χ3v) is 5.74. The largest absolute Gasteiger partial charge is 0.508 e. The minimum Gasteiger partial charge on any atom is -0.508 e. The molecule has 4 aromatic rings. The van der Waals surface area contributed by atoms with Crippen LogP contribution < -0.4 is 5.32 Å². The maximum absolute atomic E-state index is 10.7. The van der Waals surface area contributed by atoms with Crippen molar-refractivity contribution in [1.29, 1.82) is 0 Å². The number of aromatic nitrogens is 2. The Labute approximate surface area is 171 Å². The predicted octanol–water partition coefficient (Wildman–Crippen LogP) is 5.25. The number of benzene rings is 2. The van der Waals surface area contributed by atoms with Crippen molar-refractivity contribution in [3.8, 4) is 16.9 Å². The summed E-state index contributed by atoms with van der Waals surface area (Å²) >= 11 is 7.56. The first-order valence-corrected chi connectivity index (χ1v) is 10.0. The molecule has 0 aliphatic heterocycles. The van der Waals surface area contributed by atoms with Gasteiger partial charge >= 0.3 is 0 Å². The molecule has 0 saturated heterocycles. The van der Waals surface area contributed by atoms with Crippen LogP contribution in [0.1, 0.15) is 18.6 Å². The van der Waals surface area contributed by atoms with Gasteiger partial charge in [-0.3, -0.25) is 0 Å². The summed E-state index contributed by atoms with van der Waals surface area (Å²) in [6.45, 7) is 1.89. The molecule has 0 saturated carbocycles. The lowest BCUT2D eigenvalue weighted by Gasteiger charge is -2.21. The average molecular weight is 412 g/mol. The first kappa shape index (κ1) is 18.7. The molecule has 0 unspecified atom stereocenters. The number of aliphatic hydroxyl groups is 1. The predicted molar refractivity (Wildman–Crippen MR) is 114 cm³/mol. The minimum atomic E-state index is -0.761. The van der Waals surface area contributed by atoms with Crippen molar-refractivity contribution < 1.29 is 10.2 Å². The molecule has 142 valence electrons. The number of anilines is 1. The Balaban J connectivity index is 1.67. The van der Waals surface area contributed by atoms with Crippen LogP contribution in [0, 0.1) is 0 Å². The van der Waals surface area contributed by atoms with E-state index in [0.29, 0.717) is 16.4 Å². The normalized spacial score (nSPS) is 13.4. The minimum absolute atomic E-state index is 0.167. The van der Waals surface area contributed by atoms with E-state index in [0.717, 1.165) is 21.3 Å². The zero-order valence-electron chi connectivity index (χ0n) is 15.0. The van der Waals surface area contributed by atoms with Gasteiger partial charge in [0.25, 0.3) is 0 Å². The third kappa shape index (κ3) is 3.67. The summed E-state index contributed by atoms with van der Waals surface area (Å²) in [5, 5.41) is 27.1. The number of halogens is 1. The summed E-state index contributed by atoms with van der Waals surface area (Å²) in [7, 11) is 0. The van der Waals surface area contributed by atoms with Gasteiger partial charge in [0, 0.05) is 16.0 Å². The number of nitrogens with one attached hydrogen (secondary N) is 1. The molecule has 2 aromatic heterocycles. The van der Waals surface area contributed by atoms with E-state index in [2.05, 4.69) is 20.7 Å². The summed E-state index contributed by atoms with van der Waals surface area (Å²) in [6, 6.07) is 13.9. The number of hydrogen-bond acceptors (Lipinski definition) is 6. The molecule has 0 bridgehead atoms. The summed E-state index contributed by atoms with van der Waals surface area (Å²) in [4.78, 5) is 9.67. The number of phenolic OH excluding ortho intramolecular Hbond substituents is 1. The number of rotatable bonds is 5. The van der Waals surface area contributed by atoms with Gasteiger partial charge in [-0.05, 0) is 42.3 Å². The van der Waals surface area contributed by atoms with Gasteiger partial charge in [-0.25, -0.2) is 9.97 Å². The Hall–Kier alpha value is -2.67. The highest BCUT2D eigenvalue weighted by molar-refractivity contribution is 7.17. The van der Waals surface area contributed by atoms with Crippen molar-refractivity contribution in [1.82, 2.24) is 9.97 Å². The maximum Gasteiger partial charge on any atom is 0.139 e. The lowest BCUT2D eigenvalue weighted by Crippen LogP contribution is -2.24. The van der Waals surface area contributed by atoms with Gasteiger partial charge in [0.05, 0.1) is 17.5 Å². The van der Waals surface area contributed by atoms with E-state index in [1.165, 1.54) is 6.33 Å². The van der Waals surface area contributed by atoms with Gasteiger partial charge in [-0.1, -0.05) is 35.9 Å². The number of thiophene rings is 1. The van der Waals surface area contributed by atoms with Crippen LogP contribution in [0.3, 0.4) is 0 Å². The Morgan fingerprint density at radius 2 is 1.75 bits per heavy atom. The van der Waals surface area contributed by atoms with E-state index in [4.69, 9.17) is 11.6 Å². The van der Waals surface area contributed by atoms with Gasteiger partial charge in [0.2, 0.25) is 0 Å². The van der Waals surface area contributed by atoms with Gasteiger partial charge in [0.15, 0.2) is 0 Å². The fourth-order valence-corrected chi connectivity index (χ4v) is 4.12. The summed E-state index contributed by atoms with van der Waals surface area (Å²) in [6.07, 6.45) is 0.759. The molecule has 2 aromatic carbocycles. The van der Waals surface area contributed by atoms with Crippen LogP contribution in [0.2, 0.25) is 5.02 Å². The number of phenols is 1. The molecule has 2 atom stereocenters. The van der Waals surface area contributed by atoms with Crippen molar-refractivity contribution in [3.63, 3.8) is 0 Å². The first-order chi connectivity index (χ1) is 13.5. The van der Waals surface area contributed by atoms with Crippen LogP contribution in [0.4, 0.5) is 5.82 Å². The van der Waals surface area contributed by atoms with E-state index in [-0.39, 0.29) is 11.8 Å². The van der Waals surface area contributed by atoms with Crippen LogP contribution in [0.15, 0.2) is 60.2 Å². The zero-order valence-corrected chi connectivity index (χ0v) is 16.6. The van der Waals surface area contributed by atoms with E-state index in [1.54, 1.807) is 35.6 Å². The SMILES string of the molecule is C[C@H](Nc1ncnc2scc(-c3ccc(Cl)cc3)c12)[C@H](O)c1ccc(O)cc1. The number of hydrogen-bond donors (Lipinski definition) is 3. The second kappa shape index (κ2) is 7.75. The second-order valence-electron chi connectivity index (χ2n) is 6.53. The highest BCUT2D eigenvalue weighted by Gasteiger charge is 2.20. The standard InChI is InChI=1S/C21H18ClN3O2S/c1-12(19(27)14-4-8-16(26)9-5-14)25-20-18-17(10-28-21(18)24-11-23-20)13-2-6-15(22)7-3-13/h2-12,19,26-27H,1H3,(H,23,24,25)/t12-,19-/m0/s1. The molecule has 0 amide bonds. The highest BCUT2D eigenvalue weighted by Crippen LogP contribution is 2.37. The zero-order chi connectivity index (χ0) is 19.7. The van der Waals surface area contributed by atoms with Gasteiger partial charge in [-0.2, -0.15) is 0 Å². The topological polar surface area (TPSA) is 78.3 Å². The lowest BCUT2D eigenvalue weighted by atomic mass is 10.0. The summed E-state index contributed by atoms with van der Waals surface area (Å²) in [5.41, 5.74) is 2.76. The molecule has 7 heteroatoms. The molecule has 28 heavy (non-hydrogen) atoms. The van der Waals surface area contributed by atoms with Gasteiger partial charge in [-0.15, -0.1) is 11.3 Å². The monoisotopic (exact) mass is 411 g/mol. The summed E-state index contributed by atoms with van der Waals surface area (Å²) in [5.74, 6) is 0.835. The molecular formula is C21H18ClN3O2S. The fraction of sp³-hybridized carbons (Fsp3) is 0.143. The maximum atomic E-state index is 10.7. The van der Waals surface area contributed by atoms with Crippen LogP contribution in [-0.4, -0.2) is 26.2 Å². The Bertz CT molecular complexity index is 1100. The molecule has 3 N–H and O–H groups in total. The van der Waals surface area contributed by atoms with Crippen LogP contribution in [-0.2, 0) is 0 Å². The van der Waals surface area contributed by atoms with Crippen LogP contribution in [0.5, 0.6) is 5.75 Å². The molecule has 2 heterocycles. The Morgan fingerprint density at radius 1 is 1.04 bits per heavy atom. The first-order valence-electron chi connectivity index (χ1n) is 8.74. The second-order valence-corrected chi connectivity index (χ2v) is 7.82. The van der Waals surface area contributed by atoms with Crippen LogP contribution >= 0.6 is 22.9 Å². The lowest BCUT2D eigenvalue weighted by molar-refractivity contribution is 0.160. The van der Waals surface area contributed by atoms with E-state index < -0.39 is 6.10 Å². The molecule has 5 nitrogen and oxygen atoms in total. The van der Waals surface area contributed by atoms with Gasteiger partial charge in [0.1, 0.15) is 22.7 Å². The van der Waals surface area contributed by atoms with Gasteiger partial charge < -0.3 is 15.5 Å². The highest BCUT2D eigenvalue weighted by atomic mass is 35.5. The van der Waals surface area contributed by atoms with Crippen molar-refractivity contribution in [2.75, 3.05) is 5.32 Å². The molecular weight excluding hydrogens is 394 g/mol. The van der Waals surface area contributed by atoms with Crippen molar-refractivity contribution >= 4 is 39.0 Å². The molecule has 0 spiro atoms. The number of aromatic hydroxyl groups is 1. The third-order valence-electron chi connectivity index (χ3n) is 4.60. The quantitative estimate of drug-likeness (QED) is 0.418. The number of aliphatic hydroxyl groups excluding tert-OH is 1. The molecule has 4 rings (SSSR count). The molecule has 0 aliphatic carbocycles. The average Bonchev–Trinajstić information content (AvgIpc) is 3.14. The van der Waals surface area contributed by atoms with Crippen molar-refractivity contribution in [3.05, 3.63) is 70.8 Å².